The molecule has 0 aromatic heterocycles. The van der Waals surface area contributed by atoms with Gasteiger partial charge in [-0.2, -0.15) is 0 Å². The number of carboxylic acids is 1. The third kappa shape index (κ3) is 3.87. The molecule has 98 valence electrons. The normalized spacial score (nSPS) is 10.4. The fourth-order valence-electron chi connectivity index (χ4n) is 1.63. The van der Waals surface area contributed by atoms with Crippen LogP contribution in [0.25, 0.3) is 0 Å². The number of carbonyl (C=O) groups excluding carboxylic acids is 1. The molecule has 0 heterocycles. The van der Waals surface area contributed by atoms with E-state index in [0.717, 1.165) is 12.0 Å². The van der Waals surface area contributed by atoms with Crippen LogP contribution in [0.1, 0.15) is 42.6 Å². The Balaban J connectivity index is 2.83. The highest BCUT2D eigenvalue weighted by Gasteiger charge is 2.14. The molecule has 4 heteroatoms. The van der Waals surface area contributed by atoms with Crippen molar-refractivity contribution in [2.75, 3.05) is 5.32 Å². The van der Waals surface area contributed by atoms with E-state index in [1.165, 1.54) is 6.07 Å². The largest absolute Gasteiger partial charge is 0.478 e. The first-order valence-corrected chi connectivity index (χ1v) is 6.04. The zero-order chi connectivity index (χ0) is 13.7. The maximum atomic E-state index is 11.7. The Morgan fingerprint density at radius 1 is 1.33 bits per heavy atom. The van der Waals surface area contributed by atoms with Crippen LogP contribution < -0.4 is 5.32 Å². The molecule has 4 nitrogen and oxygen atoms in total. The number of aryl methyl sites for hydroxylation is 1. The summed E-state index contributed by atoms with van der Waals surface area (Å²) in [5.74, 6) is -0.718. The number of hydrogen-bond donors (Lipinski definition) is 2. The third-order valence-corrected chi connectivity index (χ3v) is 2.72. The van der Waals surface area contributed by atoms with Gasteiger partial charge < -0.3 is 10.4 Å². The number of hydrogen-bond acceptors (Lipinski definition) is 2. The highest BCUT2D eigenvalue weighted by Crippen LogP contribution is 2.21. The van der Waals surface area contributed by atoms with Gasteiger partial charge in [0.25, 0.3) is 0 Å². The van der Waals surface area contributed by atoms with E-state index in [4.69, 9.17) is 5.11 Å². The predicted octanol–water partition coefficient (Wildman–Crippen LogP) is 3.07. The summed E-state index contributed by atoms with van der Waals surface area (Å²) in [5, 5.41) is 11.8. The number of aromatic carboxylic acids is 1. The van der Waals surface area contributed by atoms with Crippen molar-refractivity contribution in [2.45, 2.75) is 33.6 Å². The smallest absolute Gasteiger partial charge is 0.337 e. The van der Waals surface area contributed by atoms with E-state index in [0.29, 0.717) is 18.0 Å². The van der Waals surface area contributed by atoms with Crippen molar-refractivity contribution in [3.63, 3.8) is 0 Å². The first kappa shape index (κ1) is 14.2. The van der Waals surface area contributed by atoms with Crippen molar-refractivity contribution >= 4 is 17.6 Å². The number of rotatable bonds is 5. The Morgan fingerprint density at radius 3 is 2.56 bits per heavy atom. The van der Waals surface area contributed by atoms with Crippen LogP contribution in [0.2, 0.25) is 0 Å². The van der Waals surface area contributed by atoms with Gasteiger partial charge in [-0.1, -0.05) is 26.0 Å². The summed E-state index contributed by atoms with van der Waals surface area (Å²) in [5.41, 5.74) is 1.29. The van der Waals surface area contributed by atoms with Crippen molar-refractivity contribution in [1.29, 1.82) is 0 Å². The molecule has 0 unspecified atom stereocenters. The molecule has 0 atom stereocenters. The standard InChI is InChI=1S/C14H19NO3/c1-9(2)7-8-12(16)15-13-10(3)5-4-6-11(13)14(17)18/h4-6,9H,7-8H2,1-3H3,(H,15,16)(H,17,18). The molecule has 0 aliphatic carbocycles. The first-order chi connectivity index (χ1) is 8.41. The molecule has 0 aliphatic heterocycles. The Hall–Kier alpha value is -1.84. The summed E-state index contributed by atoms with van der Waals surface area (Å²) >= 11 is 0. The maximum Gasteiger partial charge on any atom is 0.337 e. The lowest BCUT2D eigenvalue weighted by Gasteiger charge is -2.12. The van der Waals surface area contributed by atoms with Gasteiger partial charge >= 0.3 is 5.97 Å². The van der Waals surface area contributed by atoms with Gasteiger partial charge in [0, 0.05) is 6.42 Å². The fraction of sp³-hybridized carbons (Fsp3) is 0.429. The van der Waals surface area contributed by atoms with Crippen molar-refractivity contribution in [3.8, 4) is 0 Å². The molecular weight excluding hydrogens is 230 g/mol. The second-order valence-electron chi connectivity index (χ2n) is 4.78. The van der Waals surface area contributed by atoms with Gasteiger partial charge in [0.15, 0.2) is 0 Å². The molecule has 0 radical (unpaired) electrons. The van der Waals surface area contributed by atoms with Crippen LogP contribution in [-0.2, 0) is 4.79 Å². The fourth-order valence-corrected chi connectivity index (χ4v) is 1.63. The number of para-hydroxylation sites is 1. The van der Waals surface area contributed by atoms with E-state index < -0.39 is 5.97 Å². The van der Waals surface area contributed by atoms with Crippen LogP contribution in [0, 0.1) is 12.8 Å². The molecule has 0 bridgehead atoms. The van der Waals surface area contributed by atoms with Crippen molar-refractivity contribution < 1.29 is 14.7 Å². The quantitative estimate of drug-likeness (QED) is 0.842. The zero-order valence-corrected chi connectivity index (χ0v) is 11.0. The molecule has 18 heavy (non-hydrogen) atoms. The molecule has 1 amide bonds. The van der Waals surface area contributed by atoms with Crippen LogP contribution in [-0.4, -0.2) is 17.0 Å². The molecule has 0 aliphatic rings. The lowest BCUT2D eigenvalue weighted by atomic mass is 10.1. The van der Waals surface area contributed by atoms with Gasteiger partial charge in [-0.05, 0) is 30.9 Å². The molecule has 1 aromatic carbocycles. The van der Waals surface area contributed by atoms with Crippen molar-refractivity contribution in [3.05, 3.63) is 29.3 Å². The number of amides is 1. The molecule has 1 rings (SSSR count). The van der Waals surface area contributed by atoms with Gasteiger partial charge in [0.1, 0.15) is 0 Å². The minimum atomic E-state index is -1.03. The lowest BCUT2D eigenvalue weighted by Crippen LogP contribution is -2.16. The summed E-state index contributed by atoms with van der Waals surface area (Å²) in [6.45, 7) is 5.87. The molecule has 0 saturated carbocycles. The van der Waals surface area contributed by atoms with E-state index in [-0.39, 0.29) is 11.5 Å². The number of carboxylic acid groups (broad SMARTS) is 1. The van der Waals surface area contributed by atoms with E-state index in [1.807, 2.05) is 13.8 Å². The highest BCUT2D eigenvalue weighted by molar-refractivity contribution is 6.01. The number of anilines is 1. The van der Waals surface area contributed by atoms with E-state index >= 15 is 0 Å². The van der Waals surface area contributed by atoms with Gasteiger partial charge in [-0.25, -0.2) is 4.79 Å². The van der Waals surface area contributed by atoms with E-state index in [2.05, 4.69) is 5.32 Å². The zero-order valence-electron chi connectivity index (χ0n) is 11.0. The van der Waals surface area contributed by atoms with Crippen LogP contribution in [0.3, 0.4) is 0 Å². The van der Waals surface area contributed by atoms with Crippen LogP contribution in [0.4, 0.5) is 5.69 Å². The first-order valence-electron chi connectivity index (χ1n) is 6.04. The highest BCUT2D eigenvalue weighted by atomic mass is 16.4. The average Bonchev–Trinajstić information content (AvgIpc) is 2.28. The maximum absolute atomic E-state index is 11.7. The van der Waals surface area contributed by atoms with Gasteiger partial charge in [0.05, 0.1) is 11.3 Å². The van der Waals surface area contributed by atoms with Gasteiger partial charge in [0.2, 0.25) is 5.91 Å². The van der Waals surface area contributed by atoms with Crippen molar-refractivity contribution in [2.24, 2.45) is 5.92 Å². The Bertz CT molecular complexity index is 452. The summed E-state index contributed by atoms with van der Waals surface area (Å²) in [6.07, 6.45) is 1.20. The summed E-state index contributed by atoms with van der Waals surface area (Å²) < 4.78 is 0. The molecule has 2 N–H and O–H groups in total. The molecular formula is C14H19NO3. The molecule has 0 spiro atoms. The van der Waals surface area contributed by atoms with Crippen molar-refractivity contribution in [1.82, 2.24) is 0 Å². The Labute approximate surface area is 107 Å². The van der Waals surface area contributed by atoms with Gasteiger partial charge in [-0.15, -0.1) is 0 Å². The minimum absolute atomic E-state index is 0.132. The molecule has 1 aromatic rings. The Kier molecular flexibility index (Phi) is 4.89. The second kappa shape index (κ2) is 6.19. The summed E-state index contributed by atoms with van der Waals surface area (Å²) in [7, 11) is 0. The lowest BCUT2D eigenvalue weighted by molar-refractivity contribution is -0.116. The monoisotopic (exact) mass is 249 g/mol. The number of benzene rings is 1. The van der Waals surface area contributed by atoms with E-state index in [9.17, 15) is 9.59 Å². The van der Waals surface area contributed by atoms with E-state index in [1.54, 1.807) is 19.1 Å². The van der Waals surface area contributed by atoms with Crippen LogP contribution >= 0.6 is 0 Å². The Morgan fingerprint density at radius 2 is 2.00 bits per heavy atom. The summed E-state index contributed by atoms with van der Waals surface area (Å²) in [4.78, 5) is 22.8. The van der Waals surface area contributed by atoms with Gasteiger partial charge in [-0.3, -0.25) is 4.79 Å². The third-order valence-electron chi connectivity index (χ3n) is 2.72. The number of nitrogens with one attached hydrogen (secondary N) is 1. The average molecular weight is 249 g/mol. The van der Waals surface area contributed by atoms with Crippen LogP contribution in [0.5, 0.6) is 0 Å². The molecule has 0 saturated heterocycles. The predicted molar refractivity (Wildman–Crippen MR) is 70.8 cm³/mol. The SMILES string of the molecule is Cc1cccc(C(=O)O)c1NC(=O)CCC(C)C. The second-order valence-corrected chi connectivity index (χ2v) is 4.78. The topological polar surface area (TPSA) is 66.4 Å². The summed E-state index contributed by atoms with van der Waals surface area (Å²) in [6, 6.07) is 4.94. The number of carbonyl (C=O) groups is 2. The molecule has 0 fully saturated rings. The minimum Gasteiger partial charge on any atom is -0.478 e. The van der Waals surface area contributed by atoms with Crippen LogP contribution in [0.15, 0.2) is 18.2 Å².